The van der Waals surface area contributed by atoms with Crippen molar-refractivity contribution < 1.29 is 39.4 Å². The molecule has 0 bridgehead atoms. The summed E-state index contributed by atoms with van der Waals surface area (Å²) in [4.78, 5) is 4.13. The van der Waals surface area contributed by atoms with Crippen molar-refractivity contribution in [1.82, 2.24) is 0 Å². The molecule has 147 valence electrons. The van der Waals surface area contributed by atoms with Crippen LogP contribution < -0.4 is 15.3 Å². The Morgan fingerprint density at radius 2 is 1.39 bits per heavy atom. The molecule has 0 saturated carbocycles. The van der Waals surface area contributed by atoms with Crippen LogP contribution >= 0.6 is 0 Å². The van der Waals surface area contributed by atoms with Crippen LogP contribution in [0.4, 0.5) is 5.69 Å². The van der Waals surface area contributed by atoms with Gasteiger partial charge in [-0.1, -0.05) is 92.1 Å². The Labute approximate surface area is 177 Å². The number of hydrogen-bond donors (Lipinski definition) is 0. The van der Waals surface area contributed by atoms with E-state index in [1.165, 1.54) is 12.3 Å². The molecule has 0 saturated heterocycles. The van der Waals surface area contributed by atoms with Crippen molar-refractivity contribution in [3.8, 4) is 22.6 Å². The molecule has 0 unspecified atom stereocenters. The fourth-order valence-electron chi connectivity index (χ4n) is 2.20. The van der Waals surface area contributed by atoms with Crippen molar-refractivity contribution in [2.24, 2.45) is 4.99 Å². The Kier molecular flexibility index (Phi) is 11.6. The fraction of sp³-hybridized carbons (Fsp3) is 0.136. The van der Waals surface area contributed by atoms with Gasteiger partial charge in [-0.25, -0.2) is 0 Å². The van der Waals surface area contributed by atoms with Gasteiger partial charge < -0.3 is 20.8 Å². The maximum Gasteiger partial charge on any atom is 0.0551 e. The normalized spacial score (nSPS) is 9.86. The number of rotatable bonds is 3. The Balaban J connectivity index is 0.00000111. The van der Waals surface area contributed by atoms with E-state index in [0.717, 1.165) is 5.56 Å². The van der Waals surface area contributed by atoms with Crippen molar-refractivity contribution in [2.45, 2.75) is 20.0 Å². The molecule has 28 heavy (non-hydrogen) atoms. The summed E-state index contributed by atoms with van der Waals surface area (Å²) < 4.78 is 0. The monoisotopic (exact) mass is 413 g/mol. The Morgan fingerprint density at radius 3 is 2.00 bits per heavy atom. The van der Waals surface area contributed by atoms with Crippen LogP contribution in [0.3, 0.4) is 0 Å². The third-order valence-electron chi connectivity index (χ3n) is 3.34. The van der Waals surface area contributed by atoms with Crippen molar-refractivity contribution >= 4 is 11.9 Å². The molecule has 3 aromatic rings. The van der Waals surface area contributed by atoms with Crippen LogP contribution in [0.2, 0.25) is 0 Å². The summed E-state index contributed by atoms with van der Waals surface area (Å²) in [5.41, 5.74) is 2.28. The van der Waals surface area contributed by atoms with Gasteiger partial charge in [0.15, 0.2) is 0 Å². The van der Waals surface area contributed by atoms with Crippen LogP contribution in [-0.2, 0) is 24.0 Å². The SMILES string of the molecule is CC(C)[O-].[O-2].[O-]c1ccccc1N=Cc1cccc(-c2ccccc2)c1[O-].[V]. The Hall–Kier alpha value is -2.57. The van der Waals surface area contributed by atoms with Gasteiger partial charge in [-0.15, -0.1) is 6.10 Å². The average molecular weight is 413 g/mol. The van der Waals surface area contributed by atoms with Crippen LogP contribution in [-0.4, -0.2) is 12.3 Å². The number of para-hydroxylation sites is 3. The first-order chi connectivity index (χ1) is 12.5. The third kappa shape index (κ3) is 7.58. The Bertz CT molecular complexity index is 865. The van der Waals surface area contributed by atoms with Gasteiger partial charge >= 0.3 is 0 Å². The average Bonchev–Trinajstić information content (AvgIpc) is 2.62. The summed E-state index contributed by atoms with van der Waals surface area (Å²) in [7, 11) is 0. The molecule has 0 spiro atoms. The second kappa shape index (κ2) is 12.8. The van der Waals surface area contributed by atoms with Crippen molar-refractivity contribution in [3.63, 3.8) is 0 Å². The summed E-state index contributed by atoms with van der Waals surface area (Å²) in [6.07, 6.45) is 1.03. The van der Waals surface area contributed by atoms with Crippen LogP contribution in [0, 0.1) is 0 Å². The zero-order chi connectivity index (χ0) is 18.9. The number of aliphatic imine (C=N–C) groups is 1. The van der Waals surface area contributed by atoms with Gasteiger partial charge in [0.1, 0.15) is 0 Å². The van der Waals surface area contributed by atoms with E-state index in [1.54, 1.807) is 44.2 Å². The summed E-state index contributed by atoms with van der Waals surface area (Å²) >= 11 is 0. The first kappa shape index (κ1) is 25.4. The molecule has 0 N–H and O–H groups in total. The molecule has 0 amide bonds. The Morgan fingerprint density at radius 1 is 0.821 bits per heavy atom. The third-order valence-corrected chi connectivity index (χ3v) is 3.34. The summed E-state index contributed by atoms with van der Waals surface area (Å²) in [5, 5.41) is 33.7. The quantitative estimate of drug-likeness (QED) is 0.616. The van der Waals surface area contributed by atoms with Gasteiger partial charge in [0, 0.05) is 24.8 Å². The molecule has 6 heteroatoms. The minimum atomic E-state index is -0.417. The molecule has 0 aliphatic rings. The minimum Gasteiger partial charge on any atom is -2.00 e. The van der Waals surface area contributed by atoms with E-state index in [2.05, 4.69) is 4.99 Å². The molecule has 3 rings (SSSR count). The molecular formula is C22H20NO4V-5. The molecule has 0 atom stereocenters. The smallest absolute Gasteiger partial charge is 0.0551 e. The molecule has 5 nitrogen and oxygen atoms in total. The van der Waals surface area contributed by atoms with E-state index in [9.17, 15) is 15.3 Å². The topological polar surface area (TPSA) is 110 Å². The van der Waals surface area contributed by atoms with E-state index < -0.39 is 6.10 Å². The number of hydrogen-bond acceptors (Lipinski definition) is 4. The van der Waals surface area contributed by atoms with Gasteiger partial charge in [0.05, 0.1) is 5.69 Å². The van der Waals surface area contributed by atoms with Crippen molar-refractivity contribution in [1.29, 1.82) is 0 Å². The van der Waals surface area contributed by atoms with Crippen molar-refractivity contribution in [3.05, 3.63) is 78.4 Å². The van der Waals surface area contributed by atoms with E-state index >= 15 is 0 Å². The second-order valence-corrected chi connectivity index (χ2v) is 5.86. The van der Waals surface area contributed by atoms with Crippen LogP contribution in [0.15, 0.2) is 77.8 Å². The predicted octanol–water partition coefficient (Wildman–Crippen LogP) is 2.89. The molecule has 0 aromatic heterocycles. The maximum absolute atomic E-state index is 12.5. The number of benzene rings is 3. The summed E-state index contributed by atoms with van der Waals surface area (Å²) in [6.45, 7) is 3.22. The zero-order valence-corrected chi connectivity index (χ0v) is 17.0. The zero-order valence-electron chi connectivity index (χ0n) is 15.6. The second-order valence-electron chi connectivity index (χ2n) is 5.86. The van der Waals surface area contributed by atoms with Gasteiger partial charge in [-0.05, 0) is 22.8 Å². The van der Waals surface area contributed by atoms with Crippen LogP contribution in [0.1, 0.15) is 19.4 Å². The summed E-state index contributed by atoms with van der Waals surface area (Å²) in [6, 6.07) is 21.3. The number of nitrogens with zero attached hydrogens (tertiary/aromatic N) is 1. The van der Waals surface area contributed by atoms with Gasteiger partial charge in [0.2, 0.25) is 0 Å². The first-order valence-corrected chi connectivity index (χ1v) is 8.30. The van der Waals surface area contributed by atoms with E-state index in [0.29, 0.717) is 16.8 Å². The van der Waals surface area contributed by atoms with Gasteiger partial charge in [-0.3, -0.25) is 4.99 Å². The van der Waals surface area contributed by atoms with Crippen molar-refractivity contribution in [2.75, 3.05) is 0 Å². The predicted molar refractivity (Wildman–Crippen MR) is 100 cm³/mol. The molecule has 0 aliphatic carbocycles. The molecule has 0 fully saturated rings. The van der Waals surface area contributed by atoms with Crippen LogP contribution in [0.5, 0.6) is 11.5 Å². The first-order valence-electron chi connectivity index (χ1n) is 8.30. The van der Waals surface area contributed by atoms with Gasteiger partial charge in [0.25, 0.3) is 0 Å². The maximum atomic E-state index is 12.5. The molecule has 0 heterocycles. The van der Waals surface area contributed by atoms with Crippen LogP contribution in [0.25, 0.3) is 11.1 Å². The fourth-order valence-corrected chi connectivity index (χ4v) is 2.20. The molecular weight excluding hydrogens is 393 g/mol. The van der Waals surface area contributed by atoms with E-state index in [4.69, 9.17) is 0 Å². The standard InChI is InChI=1S/C19H15NO2.C3H7O.O.V/c21-18-12-5-4-11-17(18)20-13-15-9-6-10-16(19(15)22)14-7-2-1-3-8-14;1-3(2)4;;/h1-13,21-22H;3H,1-2H3;;/q;-1;-2;/p-2. The summed E-state index contributed by atoms with van der Waals surface area (Å²) in [5.74, 6) is -0.258. The largest absolute Gasteiger partial charge is 2.00 e. The van der Waals surface area contributed by atoms with E-state index in [-0.39, 0.29) is 35.5 Å². The minimum absolute atomic E-state index is 0. The van der Waals surface area contributed by atoms with Gasteiger partial charge in [-0.2, -0.15) is 0 Å². The molecule has 1 radical (unpaired) electrons. The molecule has 0 aliphatic heterocycles. The molecule has 3 aromatic carbocycles. The van der Waals surface area contributed by atoms with E-state index in [1.807, 2.05) is 36.4 Å².